The van der Waals surface area contributed by atoms with Crippen molar-refractivity contribution in [2.24, 2.45) is 11.7 Å². The summed E-state index contributed by atoms with van der Waals surface area (Å²) in [5.41, 5.74) is 5.72. The maximum absolute atomic E-state index is 12.7. The number of rotatable bonds is 18. The molecule has 0 bridgehead atoms. The van der Waals surface area contributed by atoms with Crippen LogP contribution in [0.1, 0.15) is 33.3 Å². The summed E-state index contributed by atoms with van der Waals surface area (Å²) in [4.78, 5) is 96.8. The number of phenolic OH excluding ortho intramolecular Hbond substituents is 1. The van der Waals surface area contributed by atoms with Gasteiger partial charge in [0.1, 0.15) is 29.9 Å². The topological polar surface area (TPSA) is 287 Å². The summed E-state index contributed by atoms with van der Waals surface area (Å²) in [6.07, 6.45) is -0.0683. The minimum Gasteiger partial charge on any atom is -0.508 e. The number of hydrogen-bond acceptors (Lipinski definition) is 10. The standard InChI is InChI=1S/C28H42N8O10/c1-14(2)24(36-23(41)13-31-25(42)15(3)33-20(38)10-29)27(44)32-11-21(39)34-16(4)26(43)30-12-22(40)35-19(28(45)46)9-17-5-7-18(37)8-6-17/h5-8,14-16,19,24,37H,9-13,29H2,1-4H3,(H,30,43)(H,31,42)(H,32,44)(H,33,38)(H,34,39)(H,35,40)(H,36,41)(H,45,46)/t15-,16-,19-,24-/m0/s1. The van der Waals surface area contributed by atoms with Gasteiger partial charge in [0.05, 0.1) is 26.2 Å². The van der Waals surface area contributed by atoms with Gasteiger partial charge in [-0.1, -0.05) is 26.0 Å². The summed E-state index contributed by atoms with van der Waals surface area (Å²) in [5.74, 6) is -6.63. The third-order valence-electron chi connectivity index (χ3n) is 6.27. The molecule has 0 radical (unpaired) electrons. The predicted molar refractivity (Wildman–Crippen MR) is 161 cm³/mol. The highest BCUT2D eigenvalue weighted by Crippen LogP contribution is 2.11. The lowest BCUT2D eigenvalue weighted by atomic mass is 10.0. The van der Waals surface area contributed by atoms with E-state index in [1.165, 1.54) is 38.1 Å². The van der Waals surface area contributed by atoms with E-state index in [2.05, 4.69) is 37.2 Å². The summed E-state index contributed by atoms with van der Waals surface area (Å²) in [7, 11) is 0. The first kappa shape index (κ1) is 38.8. The van der Waals surface area contributed by atoms with Gasteiger partial charge in [0.25, 0.3) is 0 Å². The largest absolute Gasteiger partial charge is 0.508 e. The molecule has 46 heavy (non-hydrogen) atoms. The van der Waals surface area contributed by atoms with E-state index in [0.29, 0.717) is 5.56 Å². The van der Waals surface area contributed by atoms with Crippen LogP contribution >= 0.6 is 0 Å². The molecule has 0 spiro atoms. The minimum atomic E-state index is -1.30. The molecule has 1 aromatic carbocycles. The fourth-order valence-electron chi connectivity index (χ4n) is 3.71. The molecule has 0 aliphatic heterocycles. The number of aliphatic carboxylic acids is 1. The molecule has 0 fully saturated rings. The molecule has 11 N–H and O–H groups in total. The Balaban J connectivity index is 2.50. The van der Waals surface area contributed by atoms with Crippen LogP contribution in [0.3, 0.4) is 0 Å². The van der Waals surface area contributed by atoms with Crippen LogP contribution in [0.4, 0.5) is 0 Å². The van der Waals surface area contributed by atoms with Gasteiger partial charge in [0.2, 0.25) is 41.4 Å². The van der Waals surface area contributed by atoms with Gasteiger partial charge in [-0.05, 0) is 37.5 Å². The molecule has 0 unspecified atom stereocenters. The van der Waals surface area contributed by atoms with Gasteiger partial charge in [0, 0.05) is 6.42 Å². The average Bonchev–Trinajstić information content (AvgIpc) is 3.00. The molecular formula is C28H42N8O10. The molecule has 18 nitrogen and oxygen atoms in total. The van der Waals surface area contributed by atoms with Crippen LogP contribution < -0.4 is 43.0 Å². The van der Waals surface area contributed by atoms with E-state index in [-0.39, 0.29) is 18.7 Å². The third-order valence-corrected chi connectivity index (χ3v) is 6.27. The lowest BCUT2D eigenvalue weighted by Crippen LogP contribution is -2.55. The summed E-state index contributed by atoms with van der Waals surface area (Å²) in [6.45, 7) is 4.08. The molecule has 1 rings (SSSR count). The van der Waals surface area contributed by atoms with Crippen molar-refractivity contribution in [3.63, 3.8) is 0 Å². The number of hydrogen-bond donors (Lipinski definition) is 10. The second-order valence-corrected chi connectivity index (χ2v) is 10.6. The Hall–Kier alpha value is -5.26. The van der Waals surface area contributed by atoms with Crippen molar-refractivity contribution in [2.75, 3.05) is 26.2 Å². The van der Waals surface area contributed by atoms with E-state index in [1.807, 2.05) is 0 Å². The molecule has 4 atom stereocenters. The van der Waals surface area contributed by atoms with Crippen LogP contribution in [0.2, 0.25) is 0 Å². The number of nitrogens with two attached hydrogens (primary N) is 1. The molecule has 0 aliphatic carbocycles. The summed E-state index contributed by atoms with van der Waals surface area (Å²) in [5, 5.41) is 35.1. The van der Waals surface area contributed by atoms with E-state index >= 15 is 0 Å². The van der Waals surface area contributed by atoms with E-state index in [9.17, 15) is 48.6 Å². The third kappa shape index (κ3) is 14.5. The maximum Gasteiger partial charge on any atom is 0.326 e. The average molecular weight is 651 g/mol. The number of carbonyl (C=O) groups is 8. The molecule has 0 aliphatic rings. The first-order valence-corrected chi connectivity index (χ1v) is 14.2. The van der Waals surface area contributed by atoms with Gasteiger partial charge < -0.3 is 53.2 Å². The molecule has 0 saturated carbocycles. The van der Waals surface area contributed by atoms with Crippen LogP contribution in [-0.4, -0.2) is 108 Å². The first-order valence-electron chi connectivity index (χ1n) is 14.2. The fraction of sp³-hybridized carbons (Fsp3) is 0.500. The zero-order valence-electron chi connectivity index (χ0n) is 26.0. The second kappa shape index (κ2) is 19.2. The van der Waals surface area contributed by atoms with Crippen LogP contribution in [-0.2, 0) is 44.8 Å². The molecule has 0 aromatic heterocycles. The molecular weight excluding hydrogens is 608 g/mol. The number of benzene rings is 1. The van der Waals surface area contributed by atoms with Crippen molar-refractivity contribution in [3.05, 3.63) is 29.8 Å². The second-order valence-electron chi connectivity index (χ2n) is 10.6. The predicted octanol–water partition coefficient (Wildman–Crippen LogP) is -4.04. The van der Waals surface area contributed by atoms with Crippen LogP contribution in [0.5, 0.6) is 5.75 Å². The van der Waals surface area contributed by atoms with Crippen LogP contribution in [0, 0.1) is 5.92 Å². The Morgan fingerprint density at radius 2 is 1.09 bits per heavy atom. The molecule has 7 amide bonds. The summed E-state index contributed by atoms with van der Waals surface area (Å²) in [6, 6.07) is 1.31. The van der Waals surface area contributed by atoms with E-state index in [0.717, 1.165) is 0 Å². The number of carboxylic acids is 1. The van der Waals surface area contributed by atoms with Crippen molar-refractivity contribution in [1.29, 1.82) is 0 Å². The van der Waals surface area contributed by atoms with Crippen molar-refractivity contribution in [3.8, 4) is 5.75 Å². The first-order chi connectivity index (χ1) is 21.5. The molecule has 1 aromatic rings. The Bertz CT molecular complexity index is 1270. The minimum absolute atomic E-state index is 0.00203. The van der Waals surface area contributed by atoms with Gasteiger partial charge in [-0.15, -0.1) is 0 Å². The molecule has 254 valence electrons. The molecule has 0 heterocycles. The summed E-state index contributed by atoms with van der Waals surface area (Å²) >= 11 is 0. The van der Waals surface area contributed by atoms with Gasteiger partial charge in [-0.3, -0.25) is 33.6 Å². The SMILES string of the molecule is CC(C)[C@H](NC(=O)CNC(=O)[C@H](C)NC(=O)CN)C(=O)NCC(=O)N[C@@H](C)C(=O)NCC(=O)N[C@@H](Cc1ccc(O)cc1)C(=O)O. The van der Waals surface area contributed by atoms with Gasteiger partial charge >= 0.3 is 5.97 Å². The normalized spacial score (nSPS) is 13.2. The Morgan fingerprint density at radius 3 is 1.54 bits per heavy atom. The van der Waals surface area contributed by atoms with E-state index < -0.39 is 97.0 Å². The summed E-state index contributed by atoms with van der Waals surface area (Å²) < 4.78 is 0. The van der Waals surface area contributed by atoms with Crippen LogP contribution in [0.15, 0.2) is 24.3 Å². The Morgan fingerprint density at radius 1 is 0.652 bits per heavy atom. The number of carboxylic acid groups (broad SMARTS) is 1. The fourth-order valence-corrected chi connectivity index (χ4v) is 3.71. The van der Waals surface area contributed by atoms with Gasteiger partial charge in [0.15, 0.2) is 0 Å². The zero-order chi connectivity index (χ0) is 35.0. The monoisotopic (exact) mass is 650 g/mol. The molecule has 0 saturated heterocycles. The van der Waals surface area contributed by atoms with Crippen molar-refractivity contribution in [1.82, 2.24) is 37.2 Å². The number of phenols is 1. The van der Waals surface area contributed by atoms with Crippen molar-refractivity contribution >= 4 is 47.3 Å². The van der Waals surface area contributed by atoms with Crippen molar-refractivity contribution < 1.29 is 48.6 Å². The van der Waals surface area contributed by atoms with E-state index in [4.69, 9.17) is 5.73 Å². The smallest absolute Gasteiger partial charge is 0.326 e. The Kier molecular flexibility index (Phi) is 16.2. The molecule has 18 heteroatoms. The number of nitrogens with one attached hydrogen (secondary N) is 7. The quantitative estimate of drug-likeness (QED) is 0.0730. The maximum atomic E-state index is 12.7. The highest BCUT2D eigenvalue weighted by atomic mass is 16.4. The zero-order valence-corrected chi connectivity index (χ0v) is 26.0. The van der Waals surface area contributed by atoms with Gasteiger partial charge in [-0.25, -0.2) is 4.79 Å². The number of amides is 7. The van der Waals surface area contributed by atoms with Crippen LogP contribution in [0.25, 0.3) is 0 Å². The number of carbonyl (C=O) groups excluding carboxylic acids is 7. The van der Waals surface area contributed by atoms with E-state index in [1.54, 1.807) is 13.8 Å². The van der Waals surface area contributed by atoms with Gasteiger partial charge in [-0.2, -0.15) is 0 Å². The lowest BCUT2D eigenvalue weighted by molar-refractivity contribution is -0.141. The Labute approximate surface area is 265 Å². The number of aromatic hydroxyl groups is 1. The highest BCUT2D eigenvalue weighted by molar-refractivity contribution is 5.95. The highest BCUT2D eigenvalue weighted by Gasteiger charge is 2.26. The van der Waals surface area contributed by atoms with Crippen molar-refractivity contribution in [2.45, 2.75) is 58.3 Å². The lowest BCUT2D eigenvalue weighted by Gasteiger charge is -2.22.